The first-order valence-corrected chi connectivity index (χ1v) is 11.7. The van der Waals surface area contributed by atoms with Crippen molar-refractivity contribution in [2.45, 2.75) is 84.0 Å². The van der Waals surface area contributed by atoms with Gasteiger partial charge in [-0.15, -0.1) is 0 Å². The molecule has 0 bridgehead atoms. The highest BCUT2D eigenvalue weighted by molar-refractivity contribution is 5.80. The van der Waals surface area contributed by atoms with Gasteiger partial charge >= 0.3 is 0 Å². The first-order chi connectivity index (χ1) is 14.6. The molecule has 1 aromatic carbocycles. The number of nitrogens with zero attached hydrogens (tertiary/aromatic N) is 2. The smallest absolute Gasteiger partial charge is 0.191 e. The summed E-state index contributed by atoms with van der Waals surface area (Å²) in [6, 6.07) is 7.27. The van der Waals surface area contributed by atoms with Gasteiger partial charge in [0.05, 0.1) is 19.8 Å². The van der Waals surface area contributed by atoms with Crippen LogP contribution in [0.25, 0.3) is 0 Å². The average molecular weight is 417 g/mol. The Morgan fingerprint density at radius 3 is 2.50 bits per heavy atom. The van der Waals surface area contributed by atoms with Crippen LogP contribution in [0.2, 0.25) is 0 Å². The summed E-state index contributed by atoms with van der Waals surface area (Å²) in [6.45, 7) is 10.4. The highest BCUT2D eigenvalue weighted by Gasteiger charge is 2.21. The van der Waals surface area contributed by atoms with Gasteiger partial charge in [0.25, 0.3) is 0 Å². The number of guanidine groups is 1. The normalized spacial score (nSPS) is 19.3. The summed E-state index contributed by atoms with van der Waals surface area (Å²) in [4.78, 5) is 7.39. The Balaban J connectivity index is 1.61. The van der Waals surface area contributed by atoms with E-state index in [1.165, 1.54) is 12.8 Å². The number of nitrogens with one attached hydrogen (secondary N) is 2. The van der Waals surface area contributed by atoms with Crippen LogP contribution in [0, 0.1) is 0 Å². The highest BCUT2D eigenvalue weighted by Crippen LogP contribution is 2.32. The van der Waals surface area contributed by atoms with Crippen LogP contribution in [0.5, 0.6) is 11.5 Å². The van der Waals surface area contributed by atoms with Gasteiger partial charge in [-0.1, -0.05) is 6.07 Å². The van der Waals surface area contributed by atoms with Gasteiger partial charge in [-0.05, 0) is 77.0 Å². The van der Waals surface area contributed by atoms with Gasteiger partial charge < -0.3 is 25.0 Å². The minimum absolute atomic E-state index is 0.313. The molecule has 2 fully saturated rings. The van der Waals surface area contributed by atoms with E-state index in [9.17, 15) is 0 Å². The molecular weight excluding hydrogens is 376 g/mol. The molecular formula is C24H40N4O2. The van der Waals surface area contributed by atoms with E-state index in [2.05, 4.69) is 48.4 Å². The fourth-order valence-electron chi connectivity index (χ4n) is 4.34. The molecule has 3 rings (SSSR count). The van der Waals surface area contributed by atoms with Crippen molar-refractivity contribution in [3.8, 4) is 11.5 Å². The van der Waals surface area contributed by atoms with E-state index in [-0.39, 0.29) is 0 Å². The first-order valence-electron chi connectivity index (χ1n) is 11.7. The van der Waals surface area contributed by atoms with Crippen molar-refractivity contribution in [1.29, 1.82) is 0 Å². The maximum Gasteiger partial charge on any atom is 0.191 e. The van der Waals surface area contributed by atoms with Crippen molar-refractivity contribution in [3.05, 3.63) is 23.8 Å². The summed E-state index contributed by atoms with van der Waals surface area (Å²) < 4.78 is 11.7. The predicted octanol–water partition coefficient (Wildman–Crippen LogP) is 3.94. The summed E-state index contributed by atoms with van der Waals surface area (Å²) in [6.07, 6.45) is 7.41. The van der Waals surface area contributed by atoms with Gasteiger partial charge in [0, 0.05) is 31.7 Å². The van der Waals surface area contributed by atoms with Crippen molar-refractivity contribution in [3.63, 3.8) is 0 Å². The lowest BCUT2D eigenvalue weighted by atomic mass is 10.0. The Hall–Kier alpha value is -1.95. The second-order valence-electron chi connectivity index (χ2n) is 8.75. The lowest BCUT2D eigenvalue weighted by Crippen LogP contribution is -2.49. The van der Waals surface area contributed by atoms with E-state index in [0.717, 1.165) is 68.3 Å². The van der Waals surface area contributed by atoms with Crippen molar-refractivity contribution >= 4 is 5.96 Å². The largest absolute Gasteiger partial charge is 0.493 e. The van der Waals surface area contributed by atoms with Crippen LogP contribution in [0.1, 0.15) is 64.9 Å². The summed E-state index contributed by atoms with van der Waals surface area (Å²) >= 11 is 0. The SMILES string of the molecule is CCNC(=NCc1ccc(OC)c(OC2CCCC2)c1)NC1CCN(C(C)C)CC1. The molecule has 1 saturated heterocycles. The van der Waals surface area contributed by atoms with E-state index in [1.807, 2.05) is 6.07 Å². The van der Waals surface area contributed by atoms with Gasteiger partial charge in [-0.3, -0.25) is 0 Å². The summed E-state index contributed by atoms with van der Waals surface area (Å²) in [5.74, 6) is 2.54. The van der Waals surface area contributed by atoms with Crippen LogP contribution in [0.4, 0.5) is 0 Å². The molecule has 6 nitrogen and oxygen atoms in total. The van der Waals surface area contributed by atoms with Gasteiger partial charge in [0.2, 0.25) is 0 Å². The number of ether oxygens (including phenoxy) is 2. The van der Waals surface area contributed by atoms with Crippen LogP contribution >= 0.6 is 0 Å². The molecule has 1 saturated carbocycles. The Labute approximate surface area is 182 Å². The quantitative estimate of drug-likeness (QED) is 0.496. The van der Waals surface area contributed by atoms with E-state index in [1.54, 1.807) is 7.11 Å². The fraction of sp³-hybridized carbons (Fsp3) is 0.708. The van der Waals surface area contributed by atoms with E-state index in [0.29, 0.717) is 24.7 Å². The van der Waals surface area contributed by atoms with Crippen LogP contribution in [-0.2, 0) is 6.54 Å². The van der Waals surface area contributed by atoms with Crippen molar-refractivity contribution in [2.24, 2.45) is 4.99 Å². The molecule has 1 heterocycles. The third-order valence-corrected chi connectivity index (χ3v) is 6.19. The summed E-state index contributed by atoms with van der Waals surface area (Å²) in [5, 5.41) is 7.04. The second kappa shape index (κ2) is 11.4. The number of likely N-dealkylation sites (tertiary alicyclic amines) is 1. The zero-order chi connectivity index (χ0) is 21.3. The van der Waals surface area contributed by atoms with E-state index in [4.69, 9.17) is 14.5 Å². The standard InChI is InChI=1S/C24H40N4O2/c1-5-25-24(27-20-12-14-28(15-13-20)18(2)3)26-17-19-10-11-22(29-4)23(16-19)30-21-8-6-7-9-21/h10-11,16,18,20-21H,5-9,12-15,17H2,1-4H3,(H2,25,26,27). The molecule has 2 N–H and O–H groups in total. The number of hydrogen-bond donors (Lipinski definition) is 2. The summed E-state index contributed by atoms with van der Waals surface area (Å²) in [5.41, 5.74) is 1.13. The molecule has 2 aliphatic rings. The third kappa shape index (κ3) is 6.53. The predicted molar refractivity (Wildman–Crippen MR) is 124 cm³/mol. The Bertz CT molecular complexity index is 678. The Kier molecular flexibility index (Phi) is 8.67. The second-order valence-corrected chi connectivity index (χ2v) is 8.75. The molecule has 1 aliphatic heterocycles. The lowest BCUT2D eigenvalue weighted by Gasteiger charge is -2.35. The number of rotatable bonds is 8. The lowest BCUT2D eigenvalue weighted by molar-refractivity contribution is 0.167. The van der Waals surface area contributed by atoms with Crippen molar-refractivity contribution in [1.82, 2.24) is 15.5 Å². The average Bonchev–Trinajstić information content (AvgIpc) is 3.26. The topological polar surface area (TPSA) is 58.1 Å². The molecule has 30 heavy (non-hydrogen) atoms. The van der Waals surface area contributed by atoms with E-state index >= 15 is 0 Å². The van der Waals surface area contributed by atoms with Gasteiger partial charge in [-0.25, -0.2) is 4.99 Å². The molecule has 1 aromatic rings. The van der Waals surface area contributed by atoms with Crippen LogP contribution < -0.4 is 20.1 Å². The number of benzene rings is 1. The Morgan fingerprint density at radius 1 is 1.13 bits per heavy atom. The molecule has 6 heteroatoms. The van der Waals surface area contributed by atoms with Crippen molar-refractivity contribution in [2.75, 3.05) is 26.7 Å². The number of hydrogen-bond acceptors (Lipinski definition) is 4. The van der Waals surface area contributed by atoms with Gasteiger partial charge in [-0.2, -0.15) is 0 Å². The van der Waals surface area contributed by atoms with Crippen LogP contribution in [0.15, 0.2) is 23.2 Å². The minimum Gasteiger partial charge on any atom is -0.493 e. The number of methoxy groups -OCH3 is 1. The highest BCUT2D eigenvalue weighted by atomic mass is 16.5. The number of piperidine rings is 1. The minimum atomic E-state index is 0.313. The molecule has 0 aromatic heterocycles. The first kappa shape index (κ1) is 22.7. The fourth-order valence-corrected chi connectivity index (χ4v) is 4.34. The zero-order valence-corrected chi connectivity index (χ0v) is 19.2. The maximum absolute atomic E-state index is 6.23. The van der Waals surface area contributed by atoms with Crippen LogP contribution in [0.3, 0.4) is 0 Å². The monoisotopic (exact) mass is 416 g/mol. The van der Waals surface area contributed by atoms with Gasteiger partial charge in [0.1, 0.15) is 0 Å². The third-order valence-electron chi connectivity index (χ3n) is 6.19. The molecule has 0 radical (unpaired) electrons. The van der Waals surface area contributed by atoms with Crippen molar-refractivity contribution < 1.29 is 9.47 Å². The van der Waals surface area contributed by atoms with Crippen LogP contribution in [-0.4, -0.2) is 55.8 Å². The number of aliphatic imine (C=N–C) groups is 1. The van der Waals surface area contributed by atoms with Gasteiger partial charge in [0.15, 0.2) is 17.5 Å². The molecule has 0 spiro atoms. The molecule has 168 valence electrons. The molecule has 0 amide bonds. The van der Waals surface area contributed by atoms with E-state index < -0.39 is 0 Å². The Morgan fingerprint density at radius 2 is 1.87 bits per heavy atom. The molecule has 1 aliphatic carbocycles. The molecule has 0 unspecified atom stereocenters. The summed E-state index contributed by atoms with van der Waals surface area (Å²) in [7, 11) is 1.70. The zero-order valence-electron chi connectivity index (χ0n) is 19.2. The maximum atomic E-state index is 6.23. The molecule has 0 atom stereocenters.